The van der Waals surface area contributed by atoms with Crippen molar-refractivity contribution in [2.24, 2.45) is 0 Å². The number of hydrogen-bond donors (Lipinski definition) is 1. The molecule has 0 radical (unpaired) electrons. The van der Waals surface area contributed by atoms with E-state index in [1.807, 2.05) is 42.5 Å². The van der Waals surface area contributed by atoms with Gasteiger partial charge in [0.25, 0.3) is 0 Å². The third-order valence-corrected chi connectivity index (χ3v) is 3.19. The Morgan fingerprint density at radius 2 is 2.06 bits per heavy atom. The smallest absolute Gasteiger partial charge is 0.305 e. The zero-order chi connectivity index (χ0) is 12.3. The lowest BCUT2D eigenvalue weighted by Gasteiger charge is -2.23. The van der Waals surface area contributed by atoms with E-state index in [0.29, 0.717) is 6.42 Å². The molecule has 3 heteroatoms. The summed E-state index contributed by atoms with van der Waals surface area (Å²) < 4.78 is 0. The molecular formula is C14H13ClO2. The molecule has 0 saturated heterocycles. The highest BCUT2D eigenvalue weighted by atomic mass is 35.5. The van der Waals surface area contributed by atoms with E-state index < -0.39 is 10.8 Å². The van der Waals surface area contributed by atoms with E-state index in [1.165, 1.54) is 0 Å². The lowest BCUT2D eigenvalue weighted by molar-refractivity contribution is -0.137. The first-order valence-corrected chi connectivity index (χ1v) is 5.82. The van der Waals surface area contributed by atoms with Gasteiger partial charge in [-0.1, -0.05) is 48.6 Å². The Bertz CT molecular complexity index is 476. The van der Waals surface area contributed by atoms with Crippen molar-refractivity contribution in [1.29, 1.82) is 0 Å². The number of carboxylic acids is 1. The number of rotatable bonds is 3. The van der Waals surface area contributed by atoms with Crippen LogP contribution in [0.15, 0.2) is 48.6 Å². The lowest BCUT2D eigenvalue weighted by atomic mass is 9.90. The number of allylic oxidation sites excluding steroid dienone is 4. The third-order valence-electron chi connectivity index (χ3n) is 2.78. The average molecular weight is 249 g/mol. The number of carboxylic acid groups (broad SMARTS) is 1. The Labute approximate surface area is 105 Å². The van der Waals surface area contributed by atoms with Gasteiger partial charge in [-0.3, -0.25) is 4.79 Å². The summed E-state index contributed by atoms with van der Waals surface area (Å²) in [5, 5.41) is 8.77. The summed E-state index contributed by atoms with van der Waals surface area (Å²) in [5.74, 6) is -0.874. The fourth-order valence-electron chi connectivity index (χ4n) is 1.88. The van der Waals surface area contributed by atoms with E-state index in [9.17, 15) is 4.79 Å². The van der Waals surface area contributed by atoms with E-state index in [-0.39, 0.29) is 6.42 Å². The second kappa shape index (κ2) is 4.76. The normalized spacial score (nSPS) is 23.2. The molecule has 2 rings (SSSR count). The number of halogens is 1. The molecular weight excluding hydrogens is 236 g/mol. The number of benzene rings is 1. The van der Waals surface area contributed by atoms with Crippen LogP contribution in [-0.4, -0.2) is 16.0 Å². The molecule has 2 nitrogen and oxygen atoms in total. The molecule has 0 saturated carbocycles. The highest BCUT2D eigenvalue weighted by Gasteiger charge is 2.28. The van der Waals surface area contributed by atoms with Gasteiger partial charge < -0.3 is 5.11 Å². The van der Waals surface area contributed by atoms with Gasteiger partial charge in [0.2, 0.25) is 0 Å². The molecule has 1 aromatic rings. The van der Waals surface area contributed by atoms with E-state index in [4.69, 9.17) is 16.7 Å². The molecule has 88 valence electrons. The van der Waals surface area contributed by atoms with E-state index in [0.717, 1.165) is 11.1 Å². The monoisotopic (exact) mass is 248 g/mol. The summed E-state index contributed by atoms with van der Waals surface area (Å²) >= 11 is 6.21. The second-order valence-electron chi connectivity index (χ2n) is 4.17. The van der Waals surface area contributed by atoms with Gasteiger partial charge in [0.15, 0.2) is 0 Å². The highest BCUT2D eigenvalue weighted by molar-refractivity contribution is 6.26. The molecule has 0 heterocycles. The first-order chi connectivity index (χ1) is 8.09. The second-order valence-corrected chi connectivity index (χ2v) is 4.92. The van der Waals surface area contributed by atoms with Gasteiger partial charge >= 0.3 is 5.97 Å². The van der Waals surface area contributed by atoms with Crippen molar-refractivity contribution < 1.29 is 9.90 Å². The first kappa shape index (κ1) is 11.9. The SMILES string of the molecule is O=C(O)C[C@@]1(Cl)C=CC(c2ccccc2)=CC1. The number of hydrogen-bond acceptors (Lipinski definition) is 1. The predicted molar refractivity (Wildman–Crippen MR) is 69.0 cm³/mol. The van der Waals surface area contributed by atoms with Crippen molar-refractivity contribution in [3.05, 3.63) is 54.1 Å². The lowest BCUT2D eigenvalue weighted by Crippen LogP contribution is -2.23. The largest absolute Gasteiger partial charge is 0.481 e. The van der Waals surface area contributed by atoms with Crippen molar-refractivity contribution >= 4 is 23.1 Å². The van der Waals surface area contributed by atoms with Gasteiger partial charge in [-0.15, -0.1) is 11.6 Å². The summed E-state index contributed by atoms with van der Waals surface area (Å²) in [7, 11) is 0. The highest BCUT2D eigenvalue weighted by Crippen LogP contribution is 2.33. The summed E-state index contributed by atoms with van der Waals surface area (Å²) in [4.78, 5) is 9.91. The molecule has 1 N–H and O–H groups in total. The fraction of sp³-hybridized carbons (Fsp3) is 0.214. The molecule has 0 aliphatic heterocycles. The number of alkyl halides is 1. The molecule has 0 aromatic heterocycles. The maximum absolute atomic E-state index is 10.7. The van der Waals surface area contributed by atoms with Gasteiger partial charge in [-0.2, -0.15) is 0 Å². The Kier molecular flexibility index (Phi) is 3.34. The standard InChI is InChI=1S/C14H13ClO2/c15-14(10-13(16)17)8-6-12(7-9-14)11-4-2-1-3-5-11/h1-8H,9-10H2,(H,16,17)/t14-/m1/s1. The average Bonchev–Trinajstić information content (AvgIpc) is 2.29. The Morgan fingerprint density at radius 3 is 2.59 bits per heavy atom. The molecule has 1 aliphatic rings. The van der Waals surface area contributed by atoms with Crippen molar-refractivity contribution in [2.75, 3.05) is 0 Å². The first-order valence-electron chi connectivity index (χ1n) is 5.45. The molecule has 0 fully saturated rings. The Hall–Kier alpha value is -1.54. The minimum Gasteiger partial charge on any atom is -0.481 e. The van der Waals surface area contributed by atoms with Gasteiger partial charge in [-0.05, 0) is 17.6 Å². The van der Waals surface area contributed by atoms with Crippen LogP contribution in [0.5, 0.6) is 0 Å². The number of carbonyl (C=O) groups is 1. The van der Waals surface area contributed by atoms with Crippen LogP contribution >= 0.6 is 11.6 Å². The quantitative estimate of drug-likeness (QED) is 0.832. The zero-order valence-electron chi connectivity index (χ0n) is 9.27. The van der Waals surface area contributed by atoms with Crippen molar-refractivity contribution in [1.82, 2.24) is 0 Å². The van der Waals surface area contributed by atoms with Crippen LogP contribution in [0.3, 0.4) is 0 Å². The maximum atomic E-state index is 10.7. The number of aliphatic carboxylic acids is 1. The zero-order valence-corrected chi connectivity index (χ0v) is 10.0. The fourth-order valence-corrected chi connectivity index (χ4v) is 2.14. The van der Waals surface area contributed by atoms with Crippen LogP contribution in [0.25, 0.3) is 5.57 Å². The Morgan fingerprint density at radius 1 is 1.35 bits per heavy atom. The molecule has 1 atom stereocenters. The van der Waals surface area contributed by atoms with Crippen LogP contribution in [-0.2, 0) is 4.79 Å². The molecule has 1 aromatic carbocycles. The van der Waals surface area contributed by atoms with Gasteiger partial charge in [0.1, 0.15) is 0 Å². The maximum Gasteiger partial charge on any atom is 0.305 e. The molecule has 0 amide bonds. The minimum absolute atomic E-state index is 0.0520. The van der Waals surface area contributed by atoms with E-state index >= 15 is 0 Å². The molecule has 0 spiro atoms. The summed E-state index contributed by atoms with van der Waals surface area (Å²) in [5.41, 5.74) is 2.21. The molecule has 17 heavy (non-hydrogen) atoms. The van der Waals surface area contributed by atoms with Crippen LogP contribution in [0.1, 0.15) is 18.4 Å². The molecule has 0 bridgehead atoms. The van der Waals surface area contributed by atoms with E-state index in [1.54, 1.807) is 6.08 Å². The van der Waals surface area contributed by atoms with Crippen LogP contribution < -0.4 is 0 Å². The summed E-state index contributed by atoms with van der Waals surface area (Å²) in [6.07, 6.45) is 6.16. The minimum atomic E-state index is -0.874. The van der Waals surface area contributed by atoms with Crippen molar-refractivity contribution in [2.45, 2.75) is 17.7 Å². The van der Waals surface area contributed by atoms with Crippen LogP contribution in [0, 0.1) is 0 Å². The third kappa shape index (κ3) is 2.98. The summed E-state index contributed by atoms with van der Waals surface area (Å²) in [6.45, 7) is 0. The van der Waals surface area contributed by atoms with E-state index in [2.05, 4.69) is 0 Å². The summed E-state index contributed by atoms with van der Waals surface area (Å²) in [6, 6.07) is 9.96. The molecule has 1 aliphatic carbocycles. The van der Waals surface area contributed by atoms with Crippen LogP contribution in [0.2, 0.25) is 0 Å². The topological polar surface area (TPSA) is 37.3 Å². The van der Waals surface area contributed by atoms with Gasteiger partial charge in [-0.25, -0.2) is 0 Å². The van der Waals surface area contributed by atoms with Crippen molar-refractivity contribution in [3.63, 3.8) is 0 Å². The molecule has 0 unspecified atom stereocenters. The van der Waals surface area contributed by atoms with Gasteiger partial charge in [0, 0.05) is 0 Å². The Balaban J connectivity index is 2.14. The predicted octanol–water partition coefficient (Wildman–Crippen LogP) is 3.48. The van der Waals surface area contributed by atoms with Crippen molar-refractivity contribution in [3.8, 4) is 0 Å². The van der Waals surface area contributed by atoms with Gasteiger partial charge in [0.05, 0.1) is 11.3 Å². The van der Waals surface area contributed by atoms with Crippen LogP contribution in [0.4, 0.5) is 0 Å².